The molecule has 1 aliphatic heterocycles. The van der Waals surface area contributed by atoms with Gasteiger partial charge in [-0.05, 0) is 32.7 Å². The van der Waals surface area contributed by atoms with Crippen LogP contribution < -0.4 is 5.32 Å². The van der Waals surface area contributed by atoms with Crippen molar-refractivity contribution in [3.8, 4) is 0 Å². The average Bonchev–Trinajstić information content (AvgIpc) is 2.03. The predicted molar refractivity (Wildman–Crippen MR) is 49.7 cm³/mol. The van der Waals surface area contributed by atoms with Crippen LogP contribution in [0.4, 0.5) is 0 Å². The van der Waals surface area contributed by atoms with Crippen molar-refractivity contribution in [2.45, 2.75) is 45.1 Å². The first-order valence-corrected chi connectivity index (χ1v) is 4.79. The molecule has 0 radical (unpaired) electrons. The van der Waals surface area contributed by atoms with Gasteiger partial charge in [-0.15, -0.1) is 0 Å². The average molecular weight is 153 g/mol. The van der Waals surface area contributed by atoms with Gasteiger partial charge in [-0.2, -0.15) is 0 Å². The van der Waals surface area contributed by atoms with E-state index in [0.29, 0.717) is 6.04 Å². The minimum Gasteiger partial charge on any atom is -0.311 e. The van der Waals surface area contributed by atoms with Gasteiger partial charge in [0, 0.05) is 6.04 Å². The first kappa shape index (κ1) is 8.79. The molecule has 0 saturated carbocycles. The highest BCUT2D eigenvalue weighted by Gasteiger charge is 1.96. The monoisotopic (exact) mass is 153 g/mol. The van der Waals surface area contributed by atoms with Crippen molar-refractivity contribution in [2.75, 3.05) is 6.54 Å². The summed E-state index contributed by atoms with van der Waals surface area (Å²) in [5.41, 5.74) is 0. The molecule has 64 valence electrons. The van der Waals surface area contributed by atoms with E-state index in [-0.39, 0.29) is 0 Å². The van der Waals surface area contributed by atoms with Gasteiger partial charge in [0.05, 0.1) is 0 Å². The molecule has 0 amide bonds. The minimum atomic E-state index is 0.577. The van der Waals surface area contributed by atoms with E-state index in [4.69, 9.17) is 0 Å². The summed E-state index contributed by atoms with van der Waals surface area (Å²) in [6.45, 7) is 3.41. The van der Waals surface area contributed by atoms with Gasteiger partial charge in [-0.3, -0.25) is 0 Å². The lowest BCUT2D eigenvalue weighted by molar-refractivity contribution is 0.556. The normalized spacial score (nSPS) is 31.2. The second kappa shape index (κ2) is 5.36. The molecule has 1 aliphatic rings. The summed E-state index contributed by atoms with van der Waals surface area (Å²) in [4.78, 5) is 0. The molecule has 0 aromatic carbocycles. The summed E-state index contributed by atoms with van der Waals surface area (Å²) >= 11 is 0. The molecule has 0 aliphatic carbocycles. The van der Waals surface area contributed by atoms with Crippen molar-refractivity contribution in [1.29, 1.82) is 0 Å². The fourth-order valence-corrected chi connectivity index (χ4v) is 1.44. The van der Waals surface area contributed by atoms with E-state index in [9.17, 15) is 0 Å². The first-order chi connectivity index (χ1) is 5.39. The van der Waals surface area contributed by atoms with Gasteiger partial charge < -0.3 is 5.32 Å². The number of rotatable bonds is 0. The summed E-state index contributed by atoms with van der Waals surface area (Å²) < 4.78 is 0. The molecule has 0 spiro atoms. The minimum absolute atomic E-state index is 0.577. The molecule has 0 saturated heterocycles. The molecule has 0 aromatic rings. The van der Waals surface area contributed by atoms with E-state index in [1.54, 1.807) is 0 Å². The third-order valence-electron chi connectivity index (χ3n) is 2.19. The van der Waals surface area contributed by atoms with Crippen molar-refractivity contribution in [3.05, 3.63) is 12.2 Å². The van der Waals surface area contributed by atoms with Crippen LogP contribution in [-0.4, -0.2) is 12.6 Å². The highest BCUT2D eigenvalue weighted by molar-refractivity contribution is 4.90. The lowest BCUT2D eigenvalue weighted by Gasteiger charge is -2.10. The van der Waals surface area contributed by atoms with Gasteiger partial charge in [-0.1, -0.05) is 25.0 Å². The molecule has 11 heavy (non-hydrogen) atoms. The maximum atomic E-state index is 3.47. The van der Waals surface area contributed by atoms with Gasteiger partial charge in [0.2, 0.25) is 0 Å². The largest absolute Gasteiger partial charge is 0.311 e. The van der Waals surface area contributed by atoms with E-state index >= 15 is 0 Å². The molecule has 1 heterocycles. The molecule has 1 nitrogen and oxygen atoms in total. The molecule has 1 N–H and O–H groups in total. The van der Waals surface area contributed by atoms with Crippen molar-refractivity contribution in [3.63, 3.8) is 0 Å². The molecule has 1 heteroatoms. The highest BCUT2D eigenvalue weighted by Crippen LogP contribution is 2.05. The Hall–Kier alpha value is -0.300. The highest BCUT2D eigenvalue weighted by atomic mass is 14.9. The molecule has 0 fully saturated rings. The van der Waals surface area contributed by atoms with Gasteiger partial charge in [0.25, 0.3) is 0 Å². The third kappa shape index (κ3) is 4.20. The number of hydrogen-bond acceptors (Lipinski definition) is 1. The Morgan fingerprint density at radius 3 is 2.91 bits per heavy atom. The van der Waals surface area contributed by atoms with Crippen LogP contribution in [0.5, 0.6) is 0 Å². The Kier molecular flexibility index (Phi) is 4.29. The van der Waals surface area contributed by atoms with Crippen LogP contribution in [0.15, 0.2) is 12.2 Å². The molecule has 0 bridgehead atoms. The lowest BCUT2D eigenvalue weighted by Crippen LogP contribution is -2.25. The fraction of sp³-hybridized carbons (Fsp3) is 0.800. The summed E-state index contributed by atoms with van der Waals surface area (Å²) in [6, 6.07) is 0.577. The second-order valence-electron chi connectivity index (χ2n) is 3.37. The van der Waals surface area contributed by atoms with Gasteiger partial charge in [0.1, 0.15) is 0 Å². The maximum Gasteiger partial charge on any atom is 0.0221 e. The smallest absolute Gasteiger partial charge is 0.0221 e. The second-order valence-corrected chi connectivity index (χ2v) is 3.37. The van der Waals surface area contributed by atoms with Crippen LogP contribution in [0, 0.1) is 0 Å². The van der Waals surface area contributed by atoms with Crippen molar-refractivity contribution in [1.82, 2.24) is 5.32 Å². The van der Waals surface area contributed by atoms with Crippen LogP contribution in [0.2, 0.25) is 0 Å². The summed E-state index contributed by atoms with van der Waals surface area (Å²) in [5, 5.41) is 3.47. The topological polar surface area (TPSA) is 12.0 Å². The Morgan fingerprint density at radius 2 is 2.00 bits per heavy atom. The zero-order chi connectivity index (χ0) is 7.94. The Bertz CT molecular complexity index is 118. The Balaban J connectivity index is 2.26. The van der Waals surface area contributed by atoms with Crippen LogP contribution in [0.1, 0.15) is 39.0 Å². The molecule has 1 atom stereocenters. The summed E-state index contributed by atoms with van der Waals surface area (Å²) in [6.07, 6.45) is 11.4. The maximum absolute atomic E-state index is 3.47. The zero-order valence-electron chi connectivity index (χ0n) is 7.47. The van der Waals surface area contributed by atoms with Crippen molar-refractivity contribution < 1.29 is 0 Å². The Morgan fingerprint density at radius 1 is 1.18 bits per heavy atom. The van der Waals surface area contributed by atoms with Gasteiger partial charge in [-0.25, -0.2) is 0 Å². The fourth-order valence-electron chi connectivity index (χ4n) is 1.44. The van der Waals surface area contributed by atoms with Crippen LogP contribution in [0.3, 0.4) is 0 Å². The van der Waals surface area contributed by atoms with E-state index in [2.05, 4.69) is 24.4 Å². The SMILES string of the molecule is C[C@@H]1/C=C\CCCCCCN1. The predicted octanol–water partition coefficient (Wildman–Crippen LogP) is 2.48. The van der Waals surface area contributed by atoms with Gasteiger partial charge in [0.15, 0.2) is 0 Å². The van der Waals surface area contributed by atoms with E-state index in [0.717, 1.165) is 0 Å². The third-order valence-corrected chi connectivity index (χ3v) is 2.19. The van der Waals surface area contributed by atoms with Crippen LogP contribution >= 0.6 is 0 Å². The van der Waals surface area contributed by atoms with Gasteiger partial charge >= 0.3 is 0 Å². The number of allylic oxidation sites excluding steroid dienone is 1. The molecule has 1 rings (SSSR count). The lowest BCUT2D eigenvalue weighted by atomic mass is 10.1. The standard InChI is InChI=1S/C10H19N/c1-10-8-6-4-2-3-5-7-9-11-10/h6,8,10-11H,2-5,7,9H2,1H3/b8-6-/t10-/m1/s1. The van der Waals surface area contributed by atoms with E-state index < -0.39 is 0 Å². The van der Waals surface area contributed by atoms with Crippen LogP contribution in [-0.2, 0) is 0 Å². The van der Waals surface area contributed by atoms with Crippen molar-refractivity contribution >= 4 is 0 Å². The number of nitrogens with one attached hydrogen (secondary N) is 1. The molecule has 0 aromatic heterocycles. The Labute approximate surface area is 69.9 Å². The summed E-state index contributed by atoms with van der Waals surface area (Å²) in [5.74, 6) is 0. The molecular weight excluding hydrogens is 134 g/mol. The zero-order valence-corrected chi connectivity index (χ0v) is 7.47. The quantitative estimate of drug-likeness (QED) is 0.527. The summed E-state index contributed by atoms with van der Waals surface area (Å²) in [7, 11) is 0. The van der Waals surface area contributed by atoms with E-state index in [1.807, 2.05) is 0 Å². The van der Waals surface area contributed by atoms with Crippen LogP contribution in [0.25, 0.3) is 0 Å². The first-order valence-electron chi connectivity index (χ1n) is 4.79. The molecule has 0 unspecified atom stereocenters. The van der Waals surface area contributed by atoms with E-state index in [1.165, 1.54) is 38.6 Å². The van der Waals surface area contributed by atoms with Crippen molar-refractivity contribution in [2.24, 2.45) is 0 Å². The number of hydrogen-bond donors (Lipinski definition) is 1. The molecular formula is C10H19N.